The molecule has 0 saturated carbocycles. The Labute approximate surface area is 208 Å². The third-order valence-corrected chi connectivity index (χ3v) is 6.10. The van der Waals surface area contributed by atoms with Crippen molar-refractivity contribution in [3.63, 3.8) is 0 Å². The first-order valence-electron chi connectivity index (χ1n) is 10.3. The number of hydrazine groups is 2. The number of nitrogens with two attached hydrogens (primary N) is 1. The van der Waals surface area contributed by atoms with E-state index < -0.39 is 11.8 Å². The second-order valence-corrected chi connectivity index (χ2v) is 9.02. The summed E-state index contributed by atoms with van der Waals surface area (Å²) in [7, 11) is 0. The van der Waals surface area contributed by atoms with Gasteiger partial charge < -0.3 is 21.8 Å². The summed E-state index contributed by atoms with van der Waals surface area (Å²) >= 11 is 7.05. The minimum absolute atomic E-state index is 0.179. The Kier molecular flexibility index (Phi) is 7.15. The van der Waals surface area contributed by atoms with Crippen LogP contribution in [0.4, 0.5) is 5.69 Å². The Balaban J connectivity index is 1.57. The van der Waals surface area contributed by atoms with Gasteiger partial charge in [0.1, 0.15) is 0 Å². The zero-order valence-electron chi connectivity index (χ0n) is 18.1. The van der Waals surface area contributed by atoms with Crippen LogP contribution in [0.2, 0.25) is 4.34 Å². The molecule has 0 aliphatic carbocycles. The predicted octanol–water partition coefficient (Wildman–Crippen LogP) is 0.868. The fourth-order valence-corrected chi connectivity index (χ4v) is 4.20. The average Bonchev–Trinajstić information content (AvgIpc) is 3.50. The number of amides is 3. The molecule has 3 aromatic rings. The summed E-state index contributed by atoms with van der Waals surface area (Å²) in [6.07, 6.45) is 3.25. The van der Waals surface area contributed by atoms with Gasteiger partial charge in [-0.2, -0.15) is 0 Å². The van der Waals surface area contributed by atoms with E-state index in [1.807, 2.05) is 0 Å². The number of carbonyl (C=O) groups excluding carboxylic acids is 3. The molecule has 180 valence electrons. The third kappa shape index (κ3) is 5.69. The van der Waals surface area contributed by atoms with Crippen molar-refractivity contribution < 1.29 is 14.4 Å². The first-order valence-corrected chi connectivity index (χ1v) is 11.4. The van der Waals surface area contributed by atoms with Crippen LogP contribution in [-0.2, 0) is 4.79 Å². The minimum atomic E-state index is -0.693. The van der Waals surface area contributed by atoms with Gasteiger partial charge in [0, 0.05) is 24.2 Å². The summed E-state index contributed by atoms with van der Waals surface area (Å²) in [6, 6.07) is 12.9. The van der Waals surface area contributed by atoms with Gasteiger partial charge in [0.2, 0.25) is 5.91 Å². The normalized spacial score (nSPS) is 12.6. The number of thiophene rings is 1. The van der Waals surface area contributed by atoms with Crippen LogP contribution in [0.1, 0.15) is 20.0 Å². The molecular formula is C22H20ClN7O4S. The van der Waals surface area contributed by atoms with E-state index in [1.54, 1.807) is 53.8 Å². The number of hydrogen-bond acceptors (Lipinski definition) is 8. The number of aromatic nitrogens is 1. The quantitative estimate of drug-likeness (QED) is 0.300. The van der Waals surface area contributed by atoms with E-state index in [1.165, 1.54) is 28.0 Å². The highest BCUT2D eigenvalue weighted by Crippen LogP contribution is 2.25. The second-order valence-electron chi connectivity index (χ2n) is 7.31. The molecule has 0 spiro atoms. The molecule has 4 rings (SSSR count). The standard InChI is InChI=1S/C22H20ClN7O4S/c23-18-7-6-17(35-18)22(34)25-10-13-12-30(28-27-13)16-5-4-14(29-8-2-1-3-20(29)32)9-15(16)21(33)26-11-19(24)31/h1-9,12,27-28H,10-11H2,(H2,24,31)(H,25,34)(H,26,33). The van der Waals surface area contributed by atoms with Gasteiger partial charge in [0.15, 0.2) is 0 Å². The lowest BCUT2D eigenvalue weighted by atomic mass is 10.1. The van der Waals surface area contributed by atoms with Gasteiger partial charge in [-0.3, -0.25) is 28.8 Å². The Morgan fingerprint density at radius 2 is 1.89 bits per heavy atom. The number of carbonyl (C=O) groups is 3. The summed E-state index contributed by atoms with van der Waals surface area (Å²) < 4.78 is 1.90. The average molecular weight is 514 g/mol. The van der Waals surface area contributed by atoms with Gasteiger partial charge in [-0.25, -0.2) is 0 Å². The van der Waals surface area contributed by atoms with Crippen molar-refractivity contribution >= 4 is 46.3 Å². The molecule has 3 heterocycles. The maximum absolute atomic E-state index is 12.9. The highest BCUT2D eigenvalue weighted by Gasteiger charge is 2.21. The smallest absolute Gasteiger partial charge is 0.261 e. The number of nitrogens with one attached hydrogen (secondary N) is 4. The molecule has 13 heteroatoms. The summed E-state index contributed by atoms with van der Waals surface area (Å²) in [6.45, 7) is -0.169. The van der Waals surface area contributed by atoms with E-state index in [0.29, 0.717) is 26.3 Å². The van der Waals surface area contributed by atoms with Gasteiger partial charge >= 0.3 is 0 Å². The number of nitrogens with zero attached hydrogens (tertiary/aromatic N) is 2. The fraction of sp³-hybridized carbons (Fsp3) is 0.0909. The fourth-order valence-electron chi connectivity index (χ4n) is 3.24. The van der Waals surface area contributed by atoms with Crippen molar-refractivity contribution in [3.8, 4) is 5.69 Å². The molecule has 0 radical (unpaired) electrons. The zero-order chi connectivity index (χ0) is 24.9. The van der Waals surface area contributed by atoms with Crippen LogP contribution in [0.15, 0.2) is 71.4 Å². The third-order valence-electron chi connectivity index (χ3n) is 4.87. The van der Waals surface area contributed by atoms with E-state index in [2.05, 4.69) is 21.6 Å². The number of anilines is 1. The Hall–Kier alpha value is -4.13. The molecule has 0 atom stereocenters. The van der Waals surface area contributed by atoms with Gasteiger partial charge in [-0.05, 0) is 36.4 Å². The number of rotatable bonds is 8. The van der Waals surface area contributed by atoms with E-state index in [-0.39, 0.29) is 30.1 Å². The molecule has 2 aromatic heterocycles. The van der Waals surface area contributed by atoms with Gasteiger partial charge in [-0.15, -0.1) is 16.9 Å². The van der Waals surface area contributed by atoms with Crippen molar-refractivity contribution in [2.45, 2.75) is 0 Å². The second kappa shape index (κ2) is 10.4. The van der Waals surface area contributed by atoms with Crippen LogP contribution in [0.25, 0.3) is 5.69 Å². The van der Waals surface area contributed by atoms with Crippen molar-refractivity contribution in [3.05, 3.63) is 91.8 Å². The molecule has 11 nitrogen and oxygen atoms in total. The van der Waals surface area contributed by atoms with E-state index in [4.69, 9.17) is 17.3 Å². The molecule has 0 saturated heterocycles. The lowest BCUT2D eigenvalue weighted by Crippen LogP contribution is -2.40. The minimum Gasteiger partial charge on any atom is -0.368 e. The largest absolute Gasteiger partial charge is 0.368 e. The SMILES string of the molecule is NC(=O)CNC(=O)c1cc(-n2ccccc2=O)ccc1N1C=C(CNC(=O)c2ccc(Cl)s2)NN1. The van der Waals surface area contributed by atoms with Crippen molar-refractivity contribution in [1.82, 2.24) is 26.2 Å². The van der Waals surface area contributed by atoms with E-state index in [9.17, 15) is 19.2 Å². The molecule has 3 amide bonds. The van der Waals surface area contributed by atoms with Gasteiger partial charge in [-0.1, -0.05) is 17.7 Å². The zero-order valence-corrected chi connectivity index (χ0v) is 19.7. The van der Waals surface area contributed by atoms with Crippen LogP contribution >= 0.6 is 22.9 Å². The highest BCUT2D eigenvalue weighted by molar-refractivity contribution is 7.18. The number of primary amides is 1. The first-order chi connectivity index (χ1) is 16.8. The van der Waals surface area contributed by atoms with Crippen molar-refractivity contribution in [2.75, 3.05) is 18.1 Å². The Morgan fingerprint density at radius 3 is 2.60 bits per heavy atom. The molecular weight excluding hydrogens is 494 g/mol. The van der Waals surface area contributed by atoms with Crippen molar-refractivity contribution in [2.24, 2.45) is 5.73 Å². The molecule has 0 fully saturated rings. The summed E-state index contributed by atoms with van der Waals surface area (Å²) in [4.78, 5) is 49.0. The summed E-state index contributed by atoms with van der Waals surface area (Å²) in [5.41, 5.74) is 12.4. The van der Waals surface area contributed by atoms with Crippen LogP contribution in [0.3, 0.4) is 0 Å². The van der Waals surface area contributed by atoms with Crippen LogP contribution in [0.5, 0.6) is 0 Å². The number of hydrogen-bond donors (Lipinski definition) is 5. The van der Waals surface area contributed by atoms with Gasteiger partial charge in [0.25, 0.3) is 17.4 Å². The summed E-state index contributed by atoms with van der Waals surface area (Å²) in [5.74, 6) is -1.52. The van der Waals surface area contributed by atoms with Gasteiger partial charge in [0.05, 0.1) is 39.3 Å². The molecule has 1 aliphatic rings. The van der Waals surface area contributed by atoms with Crippen LogP contribution in [-0.4, -0.2) is 35.4 Å². The summed E-state index contributed by atoms with van der Waals surface area (Å²) in [5, 5.41) is 6.79. The lowest BCUT2D eigenvalue weighted by Gasteiger charge is -2.20. The molecule has 1 aliphatic heterocycles. The maximum atomic E-state index is 12.9. The molecule has 6 N–H and O–H groups in total. The number of halogens is 1. The van der Waals surface area contributed by atoms with Crippen LogP contribution < -0.4 is 37.9 Å². The Bertz CT molecular complexity index is 1380. The number of pyridine rings is 1. The monoisotopic (exact) mass is 513 g/mol. The van der Waals surface area contributed by atoms with E-state index >= 15 is 0 Å². The lowest BCUT2D eigenvalue weighted by molar-refractivity contribution is -0.117. The molecule has 1 aromatic carbocycles. The molecule has 0 bridgehead atoms. The van der Waals surface area contributed by atoms with Crippen LogP contribution in [0, 0.1) is 0 Å². The highest BCUT2D eigenvalue weighted by atomic mass is 35.5. The Morgan fingerprint density at radius 1 is 1.06 bits per heavy atom. The topological polar surface area (TPSA) is 151 Å². The van der Waals surface area contributed by atoms with Crippen molar-refractivity contribution in [1.29, 1.82) is 0 Å². The first kappa shape index (κ1) is 24.0. The molecule has 0 unspecified atom stereocenters. The predicted molar refractivity (Wildman–Crippen MR) is 132 cm³/mol. The molecule has 35 heavy (non-hydrogen) atoms. The number of benzene rings is 1. The maximum Gasteiger partial charge on any atom is 0.261 e. The van der Waals surface area contributed by atoms with E-state index in [0.717, 1.165) is 0 Å².